The number of rotatable bonds is 5. The number of methoxy groups -OCH3 is 1. The molecule has 1 aromatic heterocycles. The predicted molar refractivity (Wildman–Crippen MR) is 58.4 cm³/mol. The Labute approximate surface area is 91.6 Å². The van der Waals surface area contributed by atoms with E-state index in [1.807, 2.05) is 16.8 Å². The van der Waals surface area contributed by atoms with Crippen molar-refractivity contribution < 1.29 is 14.3 Å². The Kier molecular flexibility index (Phi) is 4.05. The van der Waals surface area contributed by atoms with Gasteiger partial charge in [0.2, 0.25) is 6.41 Å². The number of ether oxygens (including phenoxy) is 1. The first kappa shape index (κ1) is 11.5. The molecule has 0 aliphatic heterocycles. The number of thiophene rings is 1. The summed E-state index contributed by atoms with van der Waals surface area (Å²) in [6.45, 7) is 3.77. The molecule has 4 nitrogen and oxygen atoms in total. The summed E-state index contributed by atoms with van der Waals surface area (Å²) in [5, 5.41) is 6.09. The summed E-state index contributed by atoms with van der Waals surface area (Å²) in [7, 11) is 1.27. The second-order valence-corrected chi connectivity index (χ2v) is 3.56. The number of carbonyl (C=O) groups is 2. The van der Waals surface area contributed by atoms with E-state index in [1.54, 1.807) is 0 Å². The van der Waals surface area contributed by atoms with Gasteiger partial charge in [-0.15, -0.1) is 0 Å². The van der Waals surface area contributed by atoms with Gasteiger partial charge in [-0.3, -0.25) is 4.79 Å². The van der Waals surface area contributed by atoms with Gasteiger partial charge in [-0.1, -0.05) is 6.58 Å². The zero-order valence-electron chi connectivity index (χ0n) is 8.23. The average Bonchev–Trinajstić information content (AvgIpc) is 2.77. The normalized spacial score (nSPS) is 11.5. The molecule has 0 aromatic carbocycles. The molecule has 1 heterocycles. The third-order valence-electron chi connectivity index (χ3n) is 1.91. The third-order valence-corrected chi connectivity index (χ3v) is 2.60. The van der Waals surface area contributed by atoms with Crippen molar-refractivity contribution in [1.29, 1.82) is 0 Å². The fraction of sp³-hybridized carbons (Fsp3) is 0.200. The van der Waals surface area contributed by atoms with Crippen molar-refractivity contribution >= 4 is 29.3 Å². The van der Waals surface area contributed by atoms with Crippen LogP contribution in [0, 0.1) is 0 Å². The molecule has 80 valence electrons. The van der Waals surface area contributed by atoms with Crippen molar-refractivity contribution in [3.05, 3.63) is 29.0 Å². The van der Waals surface area contributed by atoms with Crippen molar-refractivity contribution in [1.82, 2.24) is 5.32 Å². The van der Waals surface area contributed by atoms with E-state index in [2.05, 4.69) is 16.6 Å². The Morgan fingerprint density at radius 1 is 1.73 bits per heavy atom. The minimum atomic E-state index is -0.818. The molecule has 1 rings (SSSR count). The van der Waals surface area contributed by atoms with Crippen LogP contribution in [0.5, 0.6) is 0 Å². The Morgan fingerprint density at radius 3 is 2.93 bits per heavy atom. The van der Waals surface area contributed by atoms with Crippen LogP contribution in [0.4, 0.5) is 0 Å². The molecule has 0 saturated heterocycles. The summed E-state index contributed by atoms with van der Waals surface area (Å²) >= 11 is 1.49. The Balaban J connectivity index is 2.85. The van der Waals surface area contributed by atoms with Crippen molar-refractivity contribution in [3.8, 4) is 0 Å². The average molecular weight is 225 g/mol. The van der Waals surface area contributed by atoms with E-state index in [0.717, 1.165) is 5.56 Å². The maximum Gasteiger partial charge on any atom is 0.333 e. The van der Waals surface area contributed by atoms with Crippen molar-refractivity contribution in [2.45, 2.75) is 6.04 Å². The topological polar surface area (TPSA) is 55.4 Å². The predicted octanol–water partition coefficient (Wildman–Crippen LogP) is 1.05. The molecule has 1 amide bonds. The summed E-state index contributed by atoms with van der Waals surface area (Å²) in [6, 6.07) is 1.01. The lowest BCUT2D eigenvalue weighted by molar-refractivity contribution is -0.142. The molecule has 0 spiro atoms. The largest absolute Gasteiger partial charge is 0.467 e. The zero-order valence-corrected chi connectivity index (χ0v) is 9.04. The number of hydrogen-bond donors (Lipinski definition) is 1. The molecule has 1 unspecified atom stereocenters. The zero-order chi connectivity index (χ0) is 11.3. The maximum absolute atomic E-state index is 11.3. The first-order chi connectivity index (χ1) is 7.20. The highest BCUT2D eigenvalue weighted by Crippen LogP contribution is 2.19. The van der Waals surface area contributed by atoms with E-state index < -0.39 is 12.0 Å². The molecular formula is C10H11NO3S. The van der Waals surface area contributed by atoms with Gasteiger partial charge in [0, 0.05) is 0 Å². The fourth-order valence-electron chi connectivity index (χ4n) is 1.11. The van der Waals surface area contributed by atoms with Gasteiger partial charge < -0.3 is 10.1 Å². The molecule has 1 N–H and O–H groups in total. The Morgan fingerprint density at radius 2 is 2.47 bits per heavy atom. The highest BCUT2D eigenvalue weighted by atomic mass is 32.1. The van der Waals surface area contributed by atoms with Gasteiger partial charge in [0.05, 0.1) is 7.11 Å². The maximum atomic E-state index is 11.3. The molecule has 1 atom stereocenters. The van der Waals surface area contributed by atoms with Crippen LogP contribution in [0.3, 0.4) is 0 Å². The summed E-state index contributed by atoms with van der Waals surface area (Å²) in [4.78, 5) is 21.7. The van der Waals surface area contributed by atoms with E-state index in [0.29, 0.717) is 12.0 Å². The lowest BCUT2D eigenvalue weighted by Gasteiger charge is -2.15. The van der Waals surface area contributed by atoms with Gasteiger partial charge in [-0.05, 0) is 28.0 Å². The smallest absolute Gasteiger partial charge is 0.333 e. The molecule has 0 aliphatic rings. The first-order valence-corrected chi connectivity index (χ1v) is 5.14. The van der Waals surface area contributed by atoms with E-state index >= 15 is 0 Å². The molecule has 1 aromatic rings. The van der Waals surface area contributed by atoms with Gasteiger partial charge in [0.15, 0.2) is 6.04 Å². The standard InChI is InChI=1S/C10H11NO3S/c1-7(8-3-4-15-5-8)9(11-6-12)10(13)14-2/h3-6,9H,1H2,2H3,(H,11,12). The van der Waals surface area contributed by atoms with Crippen molar-refractivity contribution in [2.75, 3.05) is 7.11 Å². The van der Waals surface area contributed by atoms with Crippen molar-refractivity contribution in [3.63, 3.8) is 0 Å². The van der Waals surface area contributed by atoms with Crippen LogP contribution in [-0.4, -0.2) is 25.5 Å². The van der Waals surface area contributed by atoms with E-state index in [1.165, 1.54) is 18.4 Å². The molecule has 5 heteroatoms. The highest BCUT2D eigenvalue weighted by Gasteiger charge is 2.22. The Bertz CT molecular complexity index is 359. The second-order valence-electron chi connectivity index (χ2n) is 2.78. The molecule has 0 bridgehead atoms. The van der Waals surface area contributed by atoms with Crippen molar-refractivity contribution in [2.24, 2.45) is 0 Å². The number of hydrogen-bond acceptors (Lipinski definition) is 4. The van der Waals surface area contributed by atoms with Crippen LogP contribution in [0.1, 0.15) is 5.56 Å². The van der Waals surface area contributed by atoms with Crippen LogP contribution >= 0.6 is 11.3 Å². The quantitative estimate of drug-likeness (QED) is 0.602. The SMILES string of the molecule is C=C(c1ccsc1)C(NC=O)C(=O)OC. The lowest BCUT2D eigenvalue weighted by atomic mass is 10.0. The lowest BCUT2D eigenvalue weighted by Crippen LogP contribution is -2.37. The Hall–Kier alpha value is -1.62. The van der Waals surface area contributed by atoms with Gasteiger partial charge in [0.25, 0.3) is 0 Å². The third kappa shape index (κ3) is 2.66. The van der Waals surface area contributed by atoms with Crippen LogP contribution in [0.15, 0.2) is 23.4 Å². The molecule has 0 saturated carbocycles. The summed E-state index contributed by atoms with van der Waals surface area (Å²) in [6.07, 6.45) is 0.457. The van der Waals surface area contributed by atoms with Crippen LogP contribution in [-0.2, 0) is 14.3 Å². The molecule has 0 radical (unpaired) electrons. The first-order valence-electron chi connectivity index (χ1n) is 4.19. The summed E-state index contributed by atoms with van der Waals surface area (Å²) in [5.74, 6) is -0.529. The molecular weight excluding hydrogens is 214 g/mol. The van der Waals surface area contributed by atoms with E-state index in [-0.39, 0.29) is 0 Å². The number of amides is 1. The molecule has 15 heavy (non-hydrogen) atoms. The number of carbonyl (C=O) groups excluding carboxylic acids is 2. The van der Waals surface area contributed by atoms with Gasteiger partial charge >= 0.3 is 5.97 Å². The fourth-order valence-corrected chi connectivity index (χ4v) is 1.79. The monoisotopic (exact) mass is 225 g/mol. The van der Waals surface area contributed by atoms with Crippen LogP contribution in [0.2, 0.25) is 0 Å². The summed E-state index contributed by atoms with van der Waals surface area (Å²) < 4.78 is 4.57. The van der Waals surface area contributed by atoms with E-state index in [9.17, 15) is 9.59 Å². The number of esters is 1. The summed E-state index contributed by atoms with van der Waals surface area (Å²) in [5.41, 5.74) is 1.35. The van der Waals surface area contributed by atoms with Gasteiger partial charge in [0.1, 0.15) is 0 Å². The van der Waals surface area contributed by atoms with Gasteiger partial charge in [-0.25, -0.2) is 4.79 Å². The van der Waals surface area contributed by atoms with Crippen LogP contribution < -0.4 is 5.32 Å². The molecule has 0 fully saturated rings. The minimum absolute atomic E-state index is 0.457. The highest BCUT2D eigenvalue weighted by molar-refractivity contribution is 7.08. The molecule has 0 aliphatic carbocycles. The second kappa shape index (κ2) is 5.31. The van der Waals surface area contributed by atoms with Crippen LogP contribution in [0.25, 0.3) is 5.57 Å². The van der Waals surface area contributed by atoms with Gasteiger partial charge in [-0.2, -0.15) is 11.3 Å². The number of nitrogens with one attached hydrogen (secondary N) is 1. The minimum Gasteiger partial charge on any atom is -0.467 e. The van der Waals surface area contributed by atoms with E-state index in [4.69, 9.17) is 0 Å².